The van der Waals surface area contributed by atoms with Crippen LogP contribution in [-0.2, 0) is 33.3 Å². The van der Waals surface area contributed by atoms with Crippen LogP contribution in [0.4, 0.5) is 0 Å². The molecule has 4 heterocycles. The number of ether oxygens (including phenoxy) is 4. The summed E-state index contributed by atoms with van der Waals surface area (Å²) in [5.74, 6) is -4.86. The van der Waals surface area contributed by atoms with Gasteiger partial charge in [-0.1, -0.05) is 26.3 Å². The molecule has 1 aromatic heterocycles. The summed E-state index contributed by atoms with van der Waals surface area (Å²) in [6.45, 7) is 6.98. The lowest BCUT2D eigenvalue weighted by molar-refractivity contribution is -0.465. The van der Waals surface area contributed by atoms with Gasteiger partial charge < -0.3 is 33.6 Å². The smallest absolute Gasteiger partial charge is 0.307 e. The van der Waals surface area contributed by atoms with Gasteiger partial charge in [0.2, 0.25) is 5.79 Å². The van der Waals surface area contributed by atoms with Gasteiger partial charge in [0.15, 0.2) is 5.60 Å². The Balaban J connectivity index is 1.56. The Hall–Kier alpha value is -2.69. The van der Waals surface area contributed by atoms with E-state index < -0.39 is 57.7 Å². The van der Waals surface area contributed by atoms with E-state index in [-0.39, 0.29) is 37.3 Å². The molecule has 10 heteroatoms. The number of carbonyl (C=O) groups is 3. The van der Waals surface area contributed by atoms with E-state index in [9.17, 15) is 24.6 Å². The molecule has 3 aliphatic carbocycles. The van der Waals surface area contributed by atoms with Crippen molar-refractivity contribution >= 4 is 17.9 Å². The van der Waals surface area contributed by atoms with Crippen LogP contribution in [0.2, 0.25) is 0 Å². The number of hydrogen-bond acceptors (Lipinski definition) is 10. The molecule has 3 saturated heterocycles. The normalized spacial score (nSPS) is 47.8. The lowest BCUT2D eigenvalue weighted by atomic mass is 9.36. The van der Waals surface area contributed by atoms with Crippen LogP contribution < -0.4 is 0 Å². The highest BCUT2D eigenvalue weighted by Gasteiger charge is 2.84. The van der Waals surface area contributed by atoms with Crippen molar-refractivity contribution in [2.24, 2.45) is 34.0 Å². The molecule has 4 bridgehead atoms. The highest BCUT2D eigenvalue weighted by Crippen LogP contribution is 2.75. The zero-order chi connectivity index (χ0) is 28.2. The molecule has 10 nitrogen and oxygen atoms in total. The Morgan fingerprint density at radius 2 is 1.90 bits per heavy atom. The molecule has 3 aliphatic heterocycles. The third kappa shape index (κ3) is 3.11. The molecule has 5 fully saturated rings. The predicted octanol–water partition coefficient (Wildman–Crippen LogP) is 2.83. The molecule has 2 N–H and O–H groups in total. The van der Waals surface area contributed by atoms with Crippen LogP contribution >= 0.6 is 0 Å². The summed E-state index contributed by atoms with van der Waals surface area (Å²) in [5, 5.41) is 24.8. The maximum Gasteiger partial charge on any atom is 0.307 e. The van der Waals surface area contributed by atoms with Crippen LogP contribution in [0.1, 0.15) is 65.0 Å². The van der Waals surface area contributed by atoms with Crippen LogP contribution in [0.15, 0.2) is 34.7 Å². The largest absolute Gasteiger partial charge is 0.472 e. The second-order valence-electron chi connectivity index (χ2n) is 12.8. The minimum atomic E-state index is -2.16. The second-order valence-corrected chi connectivity index (χ2v) is 12.8. The number of esters is 3. The van der Waals surface area contributed by atoms with Gasteiger partial charge in [-0.15, -0.1) is 0 Å². The van der Waals surface area contributed by atoms with E-state index in [1.165, 1.54) is 14.0 Å². The lowest BCUT2D eigenvalue weighted by Gasteiger charge is -2.75. The van der Waals surface area contributed by atoms with Crippen LogP contribution in [-0.4, -0.2) is 59.3 Å². The standard InChI is InChI=1S/C29H36O10/c1-15(30)38-24-26(3)14-37-29(34)27(4,20(26)11-21(31)35-5)18-6-8-25(2)19(17(18)12-28(24,29)33)10-22(32)39-23(25)16-7-9-36-13-16/h7,9,12-13,18-20,23-24,33-34H,6,8,10-11,14H2,1-5H3/t18-,19-,20-,23-,24-,25+,26-,27+,28+,29-/m0/s1. The first-order chi connectivity index (χ1) is 18.3. The van der Waals surface area contributed by atoms with Gasteiger partial charge in [0.05, 0.1) is 32.7 Å². The van der Waals surface area contributed by atoms with E-state index in [1.54, 1.807) is 24.7 Å². The monoisotopic (exact) mass is 544 g/mol. The van der Waals surface area contributed by atoms with Crippen LogP contribution in [0.3, 0.4) is 0 Å². The van der Waals surface area contributed by atoms with E-state index in [0.29, 0.717) is 12.8 Å². The van der Waals surface area contributed by atoms with Gasteiger partial charge in [0, 0.05) is 35.2 Å². The number of furan rings is 1. The van der Waals surface area contributed by atoms with Gasteiger partial charge in [0.25, 0.3) is 0 Å². The van der Waals surface area contributed by atoms with E-state index >= 15 is 0 Å². The lowest BCUT2D eigenvalue weighted by Crippen LogP contribution is -2.87. The van der Waals surface area contributed by atoms with Gasteiger partial charge in [-0.25, -0.2) is 0 Å². The minimum absolute atomic E-state index is 0.0209. The van der Waals surface area contributed by atoms with Gasteiger partial charge in [0.1, 0.15) is 12.2 Å². The van der Waals surface area contributed by atoms with Crippen molar-refractivity contribution in [1.29, 1.82) is 0 Å². The number of allylic oxidation sites excluding steroid dienone is 1. The third-order valence-corrected chi connectivity index (χ3v) is 11.0. The molecule has 1 aromatic rings. The Kier molecular flexibility index (Phi) is 5.56. The van der Waals surface area contributed by atoms with Crippen LogP contribution in [0, 0.1) is 34.0 Å². The first-order valence-corrected chi connectivity index (χ1v) is 13.5. The number of hydrogen-bond donors (Lipinski definition) is 2. The molecule has 10 atom stereocenters. The topological polar surface area (TPSA) is 142 Å². The number of methoxy groups -OCH3 is 1. The van der Waals surface area contributed by atoms with Crippen molar-refractivity contribution in [2.75, 3.05) is 13.7 Å². The maximum atomic E-state index is 13.0. The molecule has 0 aromatic carbocycles. The summed E-state index contributed by atoms with van der Waals surface area (Å²) in [7, 11) is 1.31. The fourth-order valence-corrected chi connectivity index (χ4v) is 9.20. The fraction of sp³-hybridized carbons (Fsp3) is 0.690. The third-order valence-electron chi connectivity index (χ3n) is 11.0. The molecule has 0 unspecified atom stereocenters. The first kappa shape index (κ1) is 26.5. The molecular weight excluding hydrogens is 508 g/mol. The minimum Gasteiger partial charge on any atom is -0.472 e. The Bertz CT molecular complexity index is 1250. The van der Waals surface area contributed by atoms with Gasteiger partial charge in [-0.3, -0.25) is 14.4 Å². The Morgan fingerprint density at radius 3 is 2.54 bits per heavy atom. The molecule has 212 valence electrons. The zero-order valence-corrected chi connectivity index (χ0v) is 22.9. The highest BCUT2D eigenvalue weighted by molar-refractivity contribution is 5.73. The summed E-state index contributed by atoms with van der Waals surface area (Å²) >= 11 is 0. The summed E-state index contributed by atoms with van der Waals surface area (Å²) in [6, 6.07) is 1.79. The zero-order valence-electron chi connectivity index (χ0n) is 22.9. The average Bonchev–Trinajstić information content (AvgIpc) is 3.41. The fourth-order valence-electron chi connectivity index (χ4n) is 9.20. The first-order valence-electron chi connectivity index (χ1n) is 13.5. The van der Waals surface area contributed by atoms with Crippen molar-refractivity contribution in [1.82, 2.24) is 0 Å². The number of cyclic esters (lactones) is 1. The molecular formula is C29H36O10. The van der Waals surface area contributed by atoms with Crippen molar-refractivity contribution in [2.45, 2.75) is 77.0 Å². The molecule has 0 radical (unpaired) electrons. The van der Waals surface area contributed by atoms with Crippen LogP contribution in [0.25, 0.3) is 0 Å². The summed E-state index contributed by atoms with van der Waals surface area (Å²) < 4.78 is 28.2. The number of rotatable bonds is 4. The SMILES string of the molecule is COC(=O)C[C@H]1[C@]2(C)CO[C@@]3(O)[C@]1(C)[C@H]1CC[C@]4(C)[C@@H](CC(=O)O[C@H]4c4ccoc4)C1=C[C@@]3(O)[C@H]2OC(C)=O. The van der Waals surface area contributed by atoms with E-state index in [4.69, 9.17) is 23.4 Å². The van der Waals surface area contributed by atoms with Gasteiger partial charge in [-0.2, -0.15) is 0 Å². The summed E-state index contributed by atoms with van der Waals surface area (Å²) in [6.07, 6.45) is 4.24. The van der Waals surface area contributed by atoms with E-state index in [1.807, 2.05) is 13.8 Å². The number of fused-ring (bicyclic) bond motifs is 4. The quantitative estimate of drug-likeness (QED) is 0.330. The Labute approximate surface area is 226 Å². The number of carbonyl (C=O) groups excluding carboxylic acids is 3. The number of aliphatic hydroxyl groups is 2. The second kappa shape index (κ2) is 8.17. The summed E-state index contributed by atoms with van der Waals surface area (Å²) in [5.41, 5.74) is -3.28. The molecule has 39 heavy (non-hydrogen) atoms. The Morgan fingerprint density at radius 1 is 1.15 bits per heavy atom. The summed E-state index contributed by atoms with van der Waals surface area (Å²) in [4.78, 5) is 38.1. The molecule has 2 saturated carbocycles. The molecule has 0 amide bonds. The van der Waals surface area contributed by atoms with Gasteiger partial charge >= 0.3 is 17.9 Å². The van der Waals surface area contributed by atoms with Crippen LogP contribution in [0.5, 0.6) is 0 Å². The molecule has 0 spiro atoms. The molecule has 6 aliphatic rings. The predicted molar refractivity (Wildman–Crippen MR) is 132 cm³/mol. The highest BCUT2D eigenvalue weighted by atomic mass is 16.7. The van der Waals surface area contributed by atoms with Gasteiger partial charge in [-0.05, 0) is 42.7 Å². The molecule has 7 rings (SSSR count). The van der Waals surface area contributed by atoms with Crippen molar-refractivity contribution in [3.63, 3.8) is 0 Å². The van der Waals surface area contributed by atoms with Crippen molar-refractivity contribution < 1.29 is 48.0 Å². The average molecular weight is 545 g/mol. The van der Waals surface area contributed by atoms with E-state index in [2.05, 4.69) is 6.92 Å². The van der Waals surface area contributed by atoms with E-state index in [0.717, 1.165) is 11.1 Å². The maximum absolute atomic E-state index is 13.0. The van der Waals surface area contributed by atoms with Crippen molar-refractivity contribution in [3.8, 4) is 0 Å². The van der Waals surface area contributed by atoms with Crippen molar-refractivity contribution in [3.05, 3.63) is 35.8 Å².